The fraction of sp³-hybridized carbons (Fsp3) is 0.250. The molecule has 2 nitrogen and oxygen atoms in total. The number of alkyl halides is 1. The van der Waals surface area contributed by atoms with E-state index in [0.29, 0.717) is 0 Å². The Morgan fingerprint density at radius 3 is 2.81 bits per heavy atom. The van der Waals surface area contributed by atoms with Crippen LogP contribution in [0.5, 0.6) is 0 Å². The Hall–Kier alpha value is -0.550. The zero-order valence-electron chi connectivity index (χ0n) is 8.62. The number of aryl methyl sites for hydroxylation is 1. The summed E-state index contributed by atoms with van der Waals surface area (Å²) in [5.41, 5.74) is 3.26. The number of halogens is 2. The molecular weight excluding hydrogens is 336 g/mol. The minimum atomic E-state index is 0.738. The zero-order chi connectivity index (χ0) is 11.4. The minimum Gasteiger partial charge on any atom is -0.364 e. The van der Waals surface area contributed by atoms with Crippen molar-refractivity contribution in [3.8, 4) is 0 Å². The molecule has 4 heteroatoms. The summed E-state index contributed by atoms with van der Waals surface area (Å²) >= 11 is 8.46. The highest BCUT2D eigenvalue weighted by atomic mass is 127. The second-order valence-corrected chi connectivity index (χ2v) is 4.98. The van der Waals surface area contributed by atoms with Crippen molar-refractivity contribution in [3.63, 3.8) is 0 Å². The molecule has 0 bridgehead atoms. The molecule has 2 aromatic rings. The van der Waals surface area contributed by atoms with Crippen LogP contribution in [0.4, 0.5) is 0 Å². The molecule has 0 fully saturated rings. The van der Waals surface area contributed by atoms with E-state index in [1.165, 1.54) is 5.56 Å². The van der Waals surface area contributed by atoms with Gasteiger partial charge in [0.1, 0.15) is 6.26 Å². The fourth-order valence-electron chi connectivity index (χ4n) is 1.55. The van der Waals surface area contributed by atoms with Crippen LogP contribution in [0.25, 0.3) is 0 Å². The Balaban J connectivity index is 2.20. The van der Waals surface area contributed by atoms with Crippen molar-refractivity contribution in [3.05, 3.63) is 52.4 Å². The zero-order valence-corrected chi connectivity index (χ0v) is 11.5. The Kier molecular flexibility index (Phi) is 4.23. The average molecular weight is 348 g/mol. The normalized spacial score (nSPS) is 10.6. The predicted molar refractivity (Wildman–Crippen MR) is 73.4 cm³/mol. The maximum absolute atomic E-state index is 6.11. The van der Waals surface area contributed by atoms with Gasteiger partial charge in [0.15, 0.2) is 0 Å². The lowest BCUT2D eigenvalue weighted by Gasteiger charge is -2.02. The van der Waals surface area contributed by atoms with Crippen molar-refractivity contribution >= 4 is 34.2 Å². The van der Waals surface area contributed by atoms with Gasteiger partial charge in [-0.25, -0.2) is 0 Å². The van der Waals surface area contributed by atoms with Crippen molar-refractivity contribution < 1.29 is 4.52 Å². The molecule has 1 aromatic carbocycles. The number of benzene rings is 1. The van der Waals surface area contributed by atoms with Crippen molar-refractivity contribution in [2.24, 2.45) is 0 Å². The van der Waals surface area contributed by atoms with Crippen LogP contribution in [-0.2, 0) is 12.8 Å². The second kappa shape index (κ2) is 5.68. The first-order valence-corrected chi connectivity index (χ1v) is 6.93. The summed E-state index contributed by atoms with van der Waals surface area (Å²) < 4.78 is 6.08. The third-order valence-electron chi connectivity index (χ3n) is 2.41. The molecule has 84 valence electrons. The van der Waals surface area contributed by atoms with E-state index in [1.807, 2.05) is 24.3 Å². The van der Waals surface area contributed by atoms with Gasteiger partial charge in [0, 0.05) is 21.4 Å². The molecule has 16 heavy (non-hydrogen) atoms. The summed E-state index contributed by atoms with van der Waals surface area (Å²) in [4.78, 5) is 0. The monoisotopic (exact) mass is 347 g/mol. The maximum atomic E-state index is 6.11. The van der Waals surface area contributed by atoms with Gasteiger partial charge in [0.05, 0.1) is 5.69 Å². The Morgan fingerprint density at radius 1 is 1.25 bits per heavy atom. The molecule has 0 radical (unpaired) electrons. The molecule has 0 N–H and O–H groups in total. The molecule has 0 aliphatic carbocycles. The van der Waals surface area contributed by atoms with Crippen molar-refractivity contribution in [2.75, 3.05) is 4.43 Å². The van der Waals surface area contributed by atoms with Crippen molar-refractivity contribution in [1.82, 2.24) is 5.16 Å². The van der Waals surface area contributed by atoms with Crippen LogP contribution in [-0.4, -0.2) is 9.58 Å². The predicted octanol–water partition coefficient (Wildman–Crippen LogP) is 3.90. The van der Waals surface area contributed by atoms with Crippen LogP contribution in [0.2, 0.25) is 5.02 Å². The average Bonchev–Trinajstić information content (AvgIpc) is 2.70. The molecule has 0 atom stereocenters. The van der Waals surface area contributed by atoms with E-state index in [4.69, 9.17) is 16.1 Å². The van der Waals surface area contributed by atoms with Crippen LogP contribution in [0.3, 0.4) is 0 Å². The molecule has 0 unspecified atom stereocenters. The summed E-state index contributed by atoms with van der Waals surface area (Å²) in [6, 6.07) is 7.83. The van der Waals surface area contributed by atoms with E-state index >= 15 is 0 Å². The van der Waals surface area contributed by atoms with E-state index in [9.17, 15) is 0 Å². The van der Waals surface area contributed by atoms with Crippen LogP contribution in [0.1, 0.15) is 16.8 Å². The van der Waals surface area contributed by atoms with Gasteiger partial charge >= 0.3 is 0 Å². The number of hydrogen-bond donors (Lipinski definition) is 0. The van der Waals surface area contributed by atoms with Gasteiger partial charge < -0.3 is 4.52 Å². The highest BCUT2D eigenvalue weighted by molar-refractivity contribution is 14.1. The molecule has 0 spiro atoms. The molecule has 1 heterocycles. The van der Waals surface area contributed by atoms with E-state index in [0.717, 1.165) is 33.5 Å². The van der Waals surface area contributed by atoms with Crippen LogP contribution in [0, 0.1) is 0 Å². The first kappa shape index (κ1) is 11.9. The number of hydrogen-bond acceptors (Lipinski definition) is 2. The van der Waals surface area contributed by atoms with Crippen LogP contribution < -0.4 is 0 Å². The van der Waals surface area contributed by atoms with Crippen molar-refractivity contribution in [1.29, 1.82) is 0 Å². The van der Waals surface area contributed by atoms with Gasteiger partial charge in [-0.1, -0.05) is 57.5 Å². The van der Waals surface area contributed by atoms with Gasteiger partial charge in [-0.15, -0.1) is 0 Å². The summed E-state index contributed by atoms with van der Waals surface area (Å²) in [6.45, 7) is 0. The Morgan fingerprint density at radius 2 is 2.06 bits per heavy atom. The topological polar surface area (TPSA) is 26.0 Å². The van der Waals surface area contributed by atoms with Gasteiger partial charge in [-0.3, -0.25) is 0 Å². The van der Waals surface area contributed by atoms with Crippen molar-refractivity contribution in [2.45, 2.75) is 12.8 Å². The third kappa shape index (κ3) is 2.77. The van der Waals surface area contributed by atoms with Crippen LogP contribution >= 0.6 is 34.2 Å². The molecule has 0 saturated heterocycles. The lowest BCUT2D eigenvalue weighted by Crippen LogP contribution is -1.95. The standard InChI is InChI=1S/C12H11ClINO/c13-11-4-2-1-3-9(11)7-12-10(5-6-14)8-16-15-12/h1-4,8H,5-7H2. The molecule has 1 aromatic heterocycles. The van der Waals surface area contributed by atoms with E-state index in [1.54, 1.807) is 6.26 Å². The molecular formula is C12H11ClINO. The Bertz CT molecular complexity index is 470. The third-order valence-corrected chi connectivity index (χ3v) is 3.32. The number of rotatable bonds is 4. The highest BCUT2D eigenvalue weighted by Gasteiger charge is 2.09. The summed E-state index contributed by atoms with van der Waals surface area (Å²) in [5, 5.41) is 4.82. The summed E-state index contributed by atoms with van der Waals surface area (Å²) in [6.07, 6.45) is 3.46. The lowest BCUT2D eigenvalue weighted by atomic mass is 10.1. The summed E-state index contributed by atoms with van der Waals surface area (Å²) in [5.74, 6) is 0. The fourth-order valence-corrected chi connectivity index (χ4v) is 2.34. The summed E-state index contributed by atoms with van der Waals surface area (Å²) in [7, 11) is 0. The molecule has 0 saturated carbocycles. The quantitative estimate of drug-likeness (QED) is 0.619. The smallest absolute Gasteiger partial charge is 0.127 e. The highest BCUT2D eigenvalue weighted by Crippen LogP contribution is 2.20. The molecule has 2 rings (SSSR count). The van der Waals surface area contributed by atoms with Gasteiger partial charge in [0.25, 0.3) is 0 Å². The molecule has 0 amide bonds. The van der Waals surface area contributed by atoms with Crippen LogP contribution in [0.15, 0.2) is 35.1 Å². The Labute approximate surface area is 113 Å². The molecule has 0 aliphatic heterocycles. The van der Waals surface area contributed by atoms with E-state index < -0.39 is 0 Å². The van der Waals surface area contributed by atoms with Gasteiger partial charge in [-0.2, -0.15) is 0 Å². The van der Waals surface area contributed by atoms with E-state index in [-0.39, 0.29) is 0 Å². The van der Waals surface area contributed by atoms with Gasteiger partial charge in [0.2, 0.25) is 0 Å². The second-order valence-electron chi connectivity index (χ2n) is 3.49. The van der Waals surface area contributed by atoms with E-state index in [2.05, 4.69) is 27.7 Å². The first-order valence-electron chi connectivity index (χ1n) is 5.02. The SMILES string of the molecule is Clc1ccccc1Cc1nocc1CCI. The largest absolute Gasteiger partial charge is 0.364 e. The van der Waals surface area contributed by atoms with Gasteiger partial charge in [-0.05, 0) is 18.1 Å². The number of aromatic nitrogens is 1. The molecule has 0 aliphatic rings. The minimum absolute atomic E-state index is 0.738. The lowest BCUT2D eigenvalue weighted by molar-refractivity contribution is 0.412. The first-order chi connectivity index (χ1) is 7.81. The maximum Gasteiger partial charge on any atom is 0.127 e. The number of nitrogens with zero attached hydrogens (tertiary/aromatic N) is 1.